The van der Waals surface area contributed by atoms with Gasteiger partial charge >= 0.3 is 0 Å². The highest BCUT2D eigenvalue weighted by Crippen LogP contribution is 2.35. The molecule has 2 amide bonds. The van der Waals surface area contributed by atoms with E-state index in [1.54, 1.807) is 42.5 Å². The average Bonchev–Trinajstić information content (AvgIpc) is 2.80. The third-order valence-electron chi connectivity index (χ3n) is 4.60. The molecule has 3 rings (SSSR count). The monoisotopic (exact) mass is 547 g/mol. The number of nitriles is 1. The first-order chi connectivity index (χ1) is 16.7. The van der Waals surface area contributed by atoms with Gasteiger partial charge in [0, 0.05) is 21.4 Å². The van der Waals surface area contributed by atoms with Gasteiger partial charge in [-0.1, -0.05) is 52.5 Å². The molecule has 0 atom stereocenters. The zero-order valence-electron chi connectivity index (χ0n) is 18.2. The first kappa shape index (κ1) is 26.4. The fraction of sp³-hybridized carbons (Fsp3) is 0.0800. The number of nitrogens with zero attached hydrogens (tertiary/aromatic N) is 1. The molecule has 0 bridgehead atoms. The molecule has 3 aromatic carbocycles. The van der Waals surface area contributed by atoms with E-state index in [1.165, 1.54) is 18.2 Å². The number of ether oxygens (including phenoxy) is 1. The summed E-state index contributed by atoms with van der Waals surface area (Å²) >= 11 is 24.5. The minimum Gasteiger partial charge on any atom is -0.481 e. The number of aryl methyl sites for hydroxylation is 1. The van der Waals surface area contributed by atoms with Crippen LogP contribution in [0.2, 0.25) is 20.1 Å². The van der Waals surface area contributed by atoms with E-state index in [9.17, 15) is 14.9 Å². The summed E-state index contributed by atoms with van der Waals surface area (Å²) in [5, 5.41) is 16.0. The van der Waals surface area contributed by atoms with Gasteiger partial charge in [0.1, 0.15) is 11.6 Å². The Morgan fingerprint density at radius 3 is 2.14 bits per heavy atom. The summed E-state index contributed by atoms with van der Waals surface area (Å²) in [6.07, 6.45) is 1.33. The number of hydrogen-bond acceptors (Lipinski definition) is 4. The molecule has 0 spiro atoms. The minimum absolute atomic E-state index is 0.0895. The summed E-state index contributed by atoms with van der Waals surface area (Å²) in [7, 11) is 0. The molecule has 35 heavy (non-hydrogen) atoms. The van der Waals surface area contributed by atoms with Gasteiger partial charge < -0.3 is 15.4 Å². The number of carbonyl (C=O) groups is 2. The smallest absolute Gasteiger partial charge is 0.266 e. The highest BCUT2D eigenvalue weighted by atomic mass is 35.5. The Bertz CT molecular complexity index is 1330. The third kappa shape index (κ3) is 7.38. The largest absolute Gasteiger partial charge is 0.481 e. The molecular weight excluding hydrogens is 532 g/mol. The Morgan fingerprint density at radius 2 is 1.54 bits per heavy atom. The van der Waals surface area contributed by atoms with Crippen LogP contribution < -0.4 is 15.4 Å². The van der Waals surface area contributed by atoms with Crippen LogP contribution >= 0.6 is 46.4 Å². The van der Waals surface area contributed by atoms with Crippen LogP contribution in [-0.2, 0) is 9.59 Å². The van der Waals surface area contributed by atoms with Gasteiger partial charge in [-0.25, -0.2) is 0 Å². The number of nitrogens with one attached hydrogen (secondary N) is 2. The van der Waals surface area contributed by atoms with Crippen LogP contribution in [0.4, 0.5) is 11.4 Å². The summed E-state index contributed by atoms with van der Waals surface area (Å²) in [5.74, 6) is -0.964. The first-order valence-corrected chi connectivity index (χ1v) is 11.5. The number of hydrogen-bond donors (Lipinski definition) is 2. The maximum Gasteiger partial charge on any atom is 0.266 e. The lowest BCUT2D eigenvalue weighted by Gasteiger charge is -2.12. The van der Waals surface area contributed by atoms with Crippen molar-refractivity contribution in [3.05, 3.63) is 91.4 Å². The van der Waals surface area contributed by atoms with Crippen molar-refractivity contribution in [3.8, 4) is 11.8 Å². The van der Waals surface area contributed by atoms with Crippen molar-refractivity contribution in [2.75, 3.05) is 17.2 Å². The number of benzene rings is 3. The van der Waals surface area contributed by atoms with Crippen molar-refractivity contribution >= 4 is 75.7 Å². The Morgan fingerprint density at radius 1 is 0.914 bits per heavy atom. The molecule has 6 nitrogen and oxygen atoms in total. The van der Waals surface area contributed by atoms with Crippen molar-refractivity contribution in [1.29, 1.82) is 5.26 Å². The SMILES string of the molecule is Cc1ccc(NC(=O)COc2c(Cl)cc(/C=C(/C#N)C(=O)Nc3ccc(Cl)cc3)cc2Cl)cc1Cl. The Kier molecular flexibility index (Phi) is 9.02. The molecule has 3 aromatic rings. The molecule has 0 saturated heterocycles. The van der Waals surface area contributed by atoms with Gasteiger partial charge in [-0.3, -0.25) is 9.59 Å². The maximum atomic E-state index is 12.5. The highest BCUT2D eigenvalue weighted by molar-refractivity contribution is 6.37. The van der Waals surface area contributed by atoms with Gasteiger partial charge in [-0.15, -0.1) is 0 Å². The lowest BCUT2D eigenvalue weighted by atomic mass is 10.1. The van der Waals surface area contributed by atoms with Crippen molar-refractivity contribution in [3.63, 3.8) is 0 Å². The molecule has 0 radical (unpaired) electrons. The fourth-order valence-corrected chi connectivity index (χ4v) is 3.77. The molecule has 178 valence electrons. The molecule has 0 fully saturated rings. The third-order valence-corrected chi connectivity index (χ3v) is 5.82. The zero-order valence-corrected chi connectivity index (χ0v) is 21.2. The second-order valence-corrected chi connectivity index (χ2v) is 8.90. The number of anilines is 2. The summed E-state index contributed by atoms with van der Waals surface area (Å²) in [6.45, 7) is 1.50. The van der Waals surface area contributed by atoms with E-state index in [0.29, 0.717) is 27.0 Å². The van der Waals surface area contributed by atoms with Crippen LogP contribution in [0.5, 0.6) is 5.75 Å². The van der Waals surface area contributed by atoms with Crippen LogP contribution in [0.3, 0.4) is 0 Å². The van der Waals surface area contributed by atoms with Gasteiger partial charge in [-0.2, -0.15) is 5.26 Å². The molecule has 0 aliphatic carbocycles. The van der Waals surface area contributed by atoms with Crippen LogP contribution in [0.1, 0.15) is 11.1 Å². The second-order valence-electron chi connectivity index (χ2n) is 7.25. The van der Waals surface area contributed by atoms with E-state index < -0.39 is 11.8 Å². The lowest BCUT2D eigenvalue weighted by molar-refractivity contribution is -0.118. The van der Waals surface area contributed by atoms with Crippen LogP contribution in [0, 0.1) is 18.3 Å². The van der Waals surface area contributed by atoms with Gasteiger partial charge in [0.25, 0.3) is 11.8 Å². The van der Waals surface area contributed by atoms with Crippen LogP contribution in [0.15, 0.2) is 60.2 Å². The predicted molar refractivity (Wildman–Crippen MR) is 140 cm³/mol. The van der Waals surface area contributed by atoms with Gasteiger partial charge in [0.15, 0.2) is 12.4 Å². The summed E-state index contributed by atoms with van der Waals surface area (Å²) in [6, 6.07) is 16.4. The molecule has 0 aliphatic heterocycles. The molecule has 0 saturated carbocycles. The van der Waals surface area contributed by atoms with Crippen molar-refractivity contribution in [2.24, 2.45) is 0 Å². The standard InChI is InChI=1S/C25H17Cl4N3O3/c1-14-2-5-19(11-20(14)27)31-23(33)13-35-24-21(28)9-15(10-22(24)29)8-16(12-30)25(34)32-18-6-3-17(26)4-7-18/h2-11H,13H2,1H3,(H,31,33)(H,32,34)/b16-8-. The fourth-order valence-electron chi connectivity index (χ4n) is 2.85. The van der Waals surface area contributed by atoms with Gasteiger partial charge in [0.05, 0.1) is 10.0 Å². The molecule has 0 aromatic heterocycles. The van der Waals surface area contributed by atoms with E-state index in [-0.39, 0.29) is 28.0 Å². The molecule has 0 heterocycles. The second kappa shape index (κ2) is 12.0. The maximum absolute atomic E-state index is 12.5. The Labute approximate surface area is 222 Å². The predicted octanol–water partition coefficient (Wildman–Crippen LogP) is 7.17. The van der Waals surface area contributed by atoms with Crippen molar-refractivity contribution in [2.45, 2.75) is 6.92 Å². The number of amides is 2. The van der Waals surface area contributed by atoms with E-state index >= 15 is 0 Å². The summed E-state index contributed by atoms with van der Waals surface area (Å²) < 4.78 is 5.49. The molecule has 0 aliphatic rings. The molecule has 0 unspecified atom stereocenters. The van der Waals surface area contributed by atoms with Gasteiger partial charge in [-0.05, 0) is 72.7 Å². The Balaban J connectivity index is 1.68. The zero-order chi connectivity index (χ0) is 25.5. The number of carbonyl (C=O) groups excluding carboxylic acids is 2. The summed E-state index contributed by atoms with van der Waals surface area (Å²) in [5.41, 5.74) is 2.11. The normalized spacial score (nSPS) is 10.9. The van der Waals surface area contributed by atoms with Crippen molar-refractivity contribution in [1.82, 2.24) is 0 Å². The molecule has 2 N–H and O–H groups in total. The van der Waals surface area contributed by atoms with Crippen LogP contribution in [0.25, 0.3) is 6.08 Å². The minimum atomic E-state index is -0.615. The van der Waals surface area contributed by atoms with E-state index in [4.69, 9.17) is 51.1 Å². The van der Waals surface area contributed by atoms with E-state index in [1.807, 2.05) is 13.0 Å². The Hall–Kier alpha value is -3.21. The van der Waals surface area contributed by atoms with E-state index in [0.717, 1.165) is 5.56 Å². The van der Waals surface area contributed by atoms with Crippen molar-refractivity contribution < 1.29 is 14.3 Å². The molecule has 10 heteroatoms. The first-order valence-electron chi connectivity index (χ1n) is 10.0. The van der Waals surface area contributed by atoms with E-state index in [2.05, 4.69) is 10.6 Å². The topological polar surface area (TPSA) is 91.2 Å². The quantitative estimate of drug-likeness (QED) is 0.242. The van der Waals surface area contributed by atoms with Gasteiger partial charge in [0.2, 0.25) is 0 Å². The highest BCUT2D eigenvalue weighted by Gasteiger charge is 2.14. The number of halogens is 4. The summed E-state index contributed by atoms with van der Waals surface area (Å²) in [4.78, 5) is 24.7. The molecular formula is C25H17Cl4N3O3. The van der Waals surface area contributed by atoms with Crippen LogP contribution in [-0.4, -0.2) is 18.4 Å². The lowest BCUT2D eigenvalue weighted by Crippen LogP contribution is -2.20. The number of rotatable bonds is 7. The average molecular weight is 549 g/mol.